The predicted molar refractivity (Wildman–Crippen MR) is 78.5 cm³/mol. The number of carboxylic acid groups (broad SMARTS) is 1. The third-order valence-corrected chi connectivity index (χ3v) is 4.29. The Labute approximate surface area is 123 Å². The number of hydrogen-bond acceptors (Lipinski definition) is 4. The average Bonchev–Trinajstić information content (AvgIpc) is 2.91. The van der Waals surface area contributed by atoms with E-state index < -0.39 is 5.97 Å². The van der Waals surface area contributed by atoms with Gasteiger partial charge in [-0.2, -0.15) is 0 Å². The monoisotopic (exact) mass is 288 g/mol. The fourth-order valence-electron chi connectivity index (χ4n) is 3.22. The molecule has 112 valence electrons. The van der Waals surface area contributed by atoms with Crippen molar-refractivity contribution in [2.24, 2.45) is 0 Å². The Kier molecular flexibility index (Phi) is 3.88. The maximum absolute atomic E-state index is 11.4. The molecule has 2 aromatic rings. The van der Waals surface area contributed by atoms with Gasteiger partial charge in [0.15, 0.2) is 5.65 Å². The first-order valence-electron chi connectivity index (χ1n) is 7.51. The lowest BCUT2D eigenvalue weighted by atomic mass is 9.99. The molecule has 3 rings (SSSR count). The van der Waals surface area contributed by atoms with Crippen molar-refractivity contribution in [2.75, 3.05) is 13.1 Å². The van der Waals surface area contributed by atoms with E-state index in [4.69, 9.17) is 0 Å². The van der Waals surface area contributed by atoms with Crippen LogP contribution in [-0.2, 0) is 6.42 Å². The Bertz CT molecular complexity index is 652. The highest BCUT2D eigenvalue weighted by atomic mass is 16.4. The summed E-state index contributed by atoms with van der Waals surface area (Å²) in [4.78, 5) is 13.8. The number of hydrogen-bond donors (Lipinski definition) is 1. The Morgan fingerprint density at radius 3 is 3.00 bits per heavy atom. The minimum absolute atomic E-state index is 0.228. The van der Waals surface area contributed by atoms with Gasteiger partial charge in [-0.05, 0) is 38.1 Å². The van der Waals surface area contributed by atoms with Crippen LogP contribution in [-0.4, -0.2) is 49.7 Å². The van der Waals surface area contributed by atoms with Crippen molar-refractivity contribution in [1.29, 1.82) is 0 Å². The summed E-state index contributed by atoms with van der Waals surface area (Å²) in [5.41, 5.74) is 0.829. The zero-order chi connectivity index (χ0) is 14.8. The minimum atomic E-state index is -0.947. The third-order valence-electron chi connectivity index (χ3n) is 4.29. The minimum Gasteiger partial charge on any atom is -0.477 e. The Balaban J connectivity index is 1.95. The van der Waals surface area contributed by atoms with Crippen molar-refractivity contribution in [3.05, 3.63) is 29.7 Å². The summed E-state index contributed by atoms with van der Waals surface area (Å²) in [7, 11) is 0. The maximum Gasteiger partial charge on any atom is 0.352 e. The van der Waals surface area contributed by atoms with Crippen LogP contribution >= 0.6 is 0 Å². The van der Waals surface area contributed by atoms with E-state index in [1.807, 2.05) is 0 Å². The molecule has 1 atom stereocenters. The van der Waals surface area contributed by atoms with E-state index in [0.29, 0.717) is 11.7 Å². The average molecular weight is 288 g/mol. The summed E-state index contributed by atoms with van der Waals surface area (Å²) in [5, 5.41) is 17.7. The number of fused-ring (bicyclic) bond motifs is 1. The second kappa shape index (κ2) is 5.81. The highest BCUT2D eigenvalue weighted by molar-refractivity contribution is 5.86. The number of nitrogens with zero attached hydrogens (tertiary/aromatic N) is 4. The Morgan fingerprint density at radius 2 is 2.24 bits per heavy atom. The quantitative estimate of drug-likeness (QED) is 0.929. The molecular formula is C15H20N4O2. The number of piperidine rings is 1. The van der Waals surface area contributed by atoms with Crippen LogP contribution in [0.4, 0.5) is 0 Å². The standard InChI is InChI=1S/C15H20N4O2/c1-2-18-9-4-3-6-11(18)10-14-17-16-13-8-5-7-12(15(20)21)19(13)14/h5,7-8,11H,2-4,6,9-10H2,1H3,(H,20,21). The molecule has 21 heavy (non-hydrogen) atoms. The molecule has 2 aromatic heterocycles. The number of carboxylic acids is 1. The Hall–Kier alpha value is -1.95. The van der Waals surface area contributed by atoms with Gasteiger partial charge >= 0.3 is 5.97 Å². The zero-order valence-corrected chi connectivity index (χ0v) is 12.2. The summed E-state index contributed by atoms with van der Waals surface area (Å²) in [6.45, 7) is 4.31. The van der Waals surface area contributed by atoms with Crippen molar-refractivity contribution in [2.45, 2.75) is 38.6 Å². The van der Waals surface area contributed by atoms with Gasteiger partial charge in [0.1, 0.15) is 11.5 Å². The molecule has 0 saturated carbocycles. The van der Waals surface area contributed by atoms with Crippen LogP contribution in [0.1, 0.15) is 42.5 Å². The summed E-state index contributed by atoms with van der Waals surface area (Å²) < 4.78 is 1.67. The Morgan fingerprint density at radius 1 is 1.38 bits per heavy atom. The first-order chi connectivity index (χ1) is 10.2. The number of aromatic nitrogens is 3. The van der Waals surface area contributed by atoms with E-state index in [-0.39, 0.29) is 5.69 Å². The molecule has 1 unspecified atom stereocenters. The van der Waals surface area contributed by atoms with E-state index in [0.717, 1.165) is 31.8 Å². The number of aromatic carboxylic acids is 1. The molecule has 0 radical (unpaired) electrons. The van der Waals surface area contributed by atoms with Crippen molar-refractivity contribution >= 4 is 11.6 Å². The van der Waals surface area contributed by atoms with Crippen LogP contribution < -0.4 is 0 Å². The van der Waals surface area contributed by atoms with Gasteiger partial charge in [-0.25, -0.2) is 4.79 Å². The van der Waals surface area contributed by atoms with E-state index in [2.05, 4.69) is 22.0 Å². The van der Waals surface area contributed by atoms with Gasteiger partial charge in [0, 0.05) is 12.5 Å². The molecule has 6 nitrogen and oxygen atoms in total. The van der Waals surface area contributed by atoms with Gasteiger partial charge < -0.3 is 10.0 Å². The van der Waals surface area contributed by atoms with E-state index in [1.54, 1.807) is 22.6 Å². The second-order valence-electron chi connectivity index (χ2n) is 5.51. The lowest BCUT2D eigenvalue weighted by Gasteiger charge is -2.34. The molecule has 6 heteroatoms. The first-order valence-corrected chi connectivity index (χ1v) is 7.51. The largest absolute Gasteiger partial charge is 0.477 e. The van der Waals surface area contributed by atoms with Crippen molar-refractivity contribution in [1.82, 2.24) is 19.5 Å². The van der Waals surface area contributed by atoms with Crippen LogP contribution in [0.5, 0.6) is 0 Å². The van der Waals surface area contributed by atoms with E-state index in [9.17, 15) is 9.90 Å². The van der Waals surface area contributed by atoms with Crippen LogP contribution in [0.3, 0.4) is 0 Å². The molecule has 0 spiro atoms. The topological polar surface area (TPSA) is 70.7 Å². The van der Waals surface area contributed by atoms with Gasteiger partial charge in [-0.3, -0.25) is 4.40 Å². The van der Waals surface area contributed by atoms with Gasteiger partial charge in [0.2, 0.25) is 0 Å². The normalized spacial score (nSPS) is 20.0. The predicted octanol–water partition coefficient (Wildman–Crippen LogP) is 1.84. The van der Waals surface area contributed by atoms with Gasteiger partial charge in [-0.1, -0.05) is 19.4 Å². The molecule has 1 N–H and O–H groups in total. The van der Waals surface area contributed by atoms with Gasteiger partial charge in [-0.15, -0.1) is 10.2 Å². The summed E-state index contributed by atoms with van der Waals surface area (Å²) in [5.74, 6) is -0.203. The molecule has 1 saturated heterocycles. The second-order valence-corrected chi connectivity index (χ2v) is 5.51. The van der Waals surface area contributed by atoms with E-state index >= 15 is 0 Å². The van der Waals surface area contributed by atoms with Crippen molar-refractivity contribution in [3.63, 3.8) is 0 Å². The fourth-order valence-corrected chi connectivity index (χ4v) is 3.22. The summed E-state index contributed by atoms with van der Waals surface area (Å²) >= 11 is 0. The number of likely N-dealkylation sites (N-methyl/N-ethyl adjacent to an activating group) is 1. The van der Waals surface area contributed by atoms with Crippen LogP contribution in [0, 0.1) is 0 Å². The molecule has 1 aliphatic heterocycles. The molecule has 1 fully saturated rings. The van der Waals surface area contributed by atoms with Crippen LogP contribution in [0.25, 0.3) is 5.65 Å². The number of likely N-dealkylation sites (tertiary alicyclic amines) is 1. The molecule has 0 aliphatic carbocycles. The zero-order valence-electron chi connectivity index (χ0n) is 12.2. The highest BCUT2D eigenvalue weighted by Gasteiger charge is 2.24. The van der Waals surface area contributed by atoms with Gasteiger partial charge in [0.25, 0.3) is 0 Å². The number of pyridine rings is 1. The maximum atomic E-state index is 11.4. The molecule has 3 heterocycles. The number of rotatable bonds is 4. The smallest absolute Gasteiger partial charge is 0.352 e. The molecule has 0 bridgehead atoms. The van der Waals surface area contributed by atoms with Crippen LogP contribution in [0.2, 0.25) is 0 Å². The van der Waals surface area contributed by atoms with Crippen molar-refractivity contribution in [3.8, 4) is 0 Å². The molecular weight excluding hydrogens is 268 g/mol. The van der Waals surface area contributed by atoms with Gasteiger partial charge in [0.05, 0.1) is 0 Å². The molecule has 0 aromatic carbocycles. The first kappa shape index (κ1) is 14.0. The summed E-state index contributed by atoms with van der Waals surface area (Å²) in [6, 6.07) is 5.52. The van der Waals surface area contributed by atoms with E-state index in [1.165, 1.54) is 12.8 Å². The number of carbonyl (C=O) groups is 1. The lowest BCUT2D eigenvalue weighted by Crippen LogP contribution is -2.41. The third kappa shape index (κ3) is 2.63. The highest BCUT2D eigenvalue weighted by Crippen LogP contribution is 2.20. The fraction of sp³-hybridized carbons (Fsp3) is 0.533. The lowest BCUT2D eigenvalue weighted by molar-refractivity contribution is 0.0688. The summed E-state index contributed by atoms with van der Waals surface area (Å²) in [6.07, 6.45) is 4.35. The molecule has 1 aliphatic rings. The van der Waals surface area contributed by atoms with Crippen molar-refractivity contribution < 1.29 is 9.90 Å². The SMILES string of the molecule is CCN1CCCCC1Cc1nnc2cccc(C(=O)O)n12. The van der Waals surface area contributed by atoms with Crippen LogP contribution in [0.15, 0.2) is 18.2 Å². The molecule has 0 amide bonds.